The molecule has 288 valence electrons. The molecule has 0 saturated carbocycles. The molecule has 0 bridgehead atoms. The molecule has 2 heterocycles. The summed E-state index contributed by atoms with van der Waals surface area (Å²) in [5.74, 6) is -2.04. The number of aryl methyl sites for hydroxylation is 1. The SMILES string of the molecule is CC(=O)N1CCc2ccccc21.CC(=O)O.C[N-]C(CCCC(=O)O)C(=O)NCC(=O)N1CCc2cc(C)ccc2C1.O=CC=NC=O.[CH3-].[CH3-].[Cs+].[Cs+].[Cs+].[OH-].[U]. The number of carboxylic acids is 2. The first kappa shape index (κ1) is 71.4. The Morgan fingerprint density at radius 3 is 2.02 bits per heavy atom. The van der Waals surface area contributed by atoms with Gasteiger partial charge in [-0.05, 0) is 48.9 Å². The smallest absolute Gasteiger partial charge is 0.870 e. The zero-order chi connectivity index (χ0) is 36.1. The van der Waals surface area contributed by atoms with E-state index in [1.807, 2.05) is 29.2 Å². The third-order valence-electron chi connectivity index (χ3n) is 7.10. The van der Waals surface area contributed by atoms with Crippen LogP contribution in [-0.4, -0.2) is 102 Å². The van der Waals surface area contributed by atoms with Crippen molar-refractivity contribution in [2.24, 2.45) is 4.99 Å². The van der Waals surface area contributed by atoms with Crippen molar-refractivity contribution in [3.05, 3.63) is 84.9 Å². The summed E-state index contributed by atoms with van der Waals surface area (Å²) < 4.78 is 0. The molecule has 1 atom stereocenters. The number of carbonyl (C=O) groups is 7. The van der Waals surface area contributed by atoms with Crippen LogP contribution < -0.4 is 217 Å². The molecule has 0 saturated heterocycles. The average molecular weight is 1350 g/mol. The van der Waals surface area contributed by atoms with Crippen molar-refractivity contribution in [3.8, 4) is 0 Å². The zero-order valence-corrected chi connectivity index (χ0v) is 56.7. The minimum absolute atomic E-state index is 0. The van der Waals surface area contributed by atoms with Gasteiger partial charge in [-0.2, -0.15) is 7.05 Å². The standard InChI is InChI=1S/C19H26N3O4.C10H11NO.C3H3NO2.C2H4O2.2CH3.3Cs.H2O.U/c1-13-6-7-15-12-22(9-8-14(15)10-13)17(23)11-21-19(26)16(20-2)4-3-5-18(24)25;1-8(12)11-7-6-9-4-2-3-5-10(9)11;5-2-1-4-3-6;1-2(3)4;;;;;;;/h6-7,10,16H,3-5,8-9,11-12H2,1-2H3,(H,21,26)(H,24,25);2-5H,6-7H2,1H3;1-3H;1H3,(H,3,4);2*1H3;;;;1H2;/q-1;;;;2*-1;3*+1;;/p-1. The third-order valence-corrected chi connectivity index (χ3v) is 7.10. The number of anilines is 1. The molecule has 2 aromatic carbocycles. The van der Waals surface area contributed by atoms with E-state index in [4.69, 9.17) is 15.0 Å². The maximum absolute atomic E-state index is 12.4. The zero-order valence-electron chi connectivity index (χ0n) is 33.7. The number of amides is 4. The molecule has 2 aromatic rings. The molecular formula is C36H51Cs3N5O10U-. The quantitative estimate of drug-likeness (QED) is 0.116. The maximum atomic E-state index is 12.4. The van der Waals surface area contributed by atoms with Gasteiger partial charge >= 0.3 is 213 Å². The van der Waals surface area contributed by atoms with Gasteiger partial charge in [-0.15, -0.1) is 0 Å². The summed E-state index contributed by atoms with van der Waals surface area (Å²) in [4.78, 5) is 80.2. The predicted molar refractivity (Wildman–Crippen MR) is 195 cm³/mol. The predicted octanol–water partition coefficient (Wildman–Crippen LogP) is -5.54. The molecule has 0 aliphatic carbocycles. The van der Waals surface area contributed by atoms with E-state index in [-0.39, 0.29) is 289 Å². The van der Waals surface area contributed by atoms with Crippen molar-refractivity contribution in [3.63, 3.8) is 0 Å². The summed E-state index contributed by atoms with van der Waals surface area (Å²) in [5, 5.41) is 22.7. The number of hydrogen-bond donors (Lipinski definition) is 3. The molecule has 55 heavy (non-hydrogen) atoms. The fourth-order valence-electron chi connectivity index (χ4n) is 4.85. The number of benzene rings is 2. The topological polar surface area (TPSA) is 235 Å². The monoisotopic (exact) mass is 1350 g/mol. The van der Waals surface area contributed by atoms with Crippen LogP contribution in [0.15, 0.2) is 47.5 Å². The van der Waals surface area contributed by atoms with Crippen LogP contribution in [0.4, 0.5) is 5.69 Å². The van der Waals surface area contributed by atoms with Crippen LogP contribution >= 0.6 is 0 Å². The van der Waals surface area contributed by atoms with Crippen LogP contribution in [0.25, 0.3) is 5.32 Å². The molecular weight excluding hydrogens is 1300 g/mol. The summed E-state index contributed by atoms with van der Waals surface area (Å²) in [6.45, 7) is 6.73. The van der Waals surface area contributed by atoms with Crippen molar-refractivity contribution < 1.29 is 287 Å². The van der Waals surface area contributed by atoms with Crippen molar-refractivity contribution in [2.75, 3.05) is 31.6 Å². The van der Waals surface area contributed by atoms with Crippen LogP contribution in [0.3, 0.4) is 0 Å². The Morgan fingerprint density at radius 2 is 1.51 bits per heavy atom. The molecule has 0 fully saturated rings. The molecule has 0 radical (unpaired) electrons. The number of carboxylic acid groups (broad SMARTS) is 2. The number of nitrogens with zero attached hydrogens (tertiary/aromatic N) is 4. The maximum Gasteiger partial charge on any atom is 1.00 e. The second kappa shape index (κ2) is 42.6. The van der Waals surface area contributed by atoms with Gasteiger partial charge in [-0.1, -0.05) is 54.4 Å². The largest absolute Gasteiger partial charge is 1.00 e. The van der Waals surface area contributed by atoms with Crippen LogP contribution in [0, 0.1) is 52.9 Å². The Bertz CT molecular complexity index is 1460. The van der Waals surface area contributed by atoms with E-state index in [0.717, 1.165) is 43.8 Å². The summed E-state index contributed by atoms with van der Waals surface area (Å²) in [6.07, 6.45) is 4.18. The normalized spacial score (nSPS) is 11.4. The molecule has 2 aliphatic heterocycles. The van der Waals surface area contributed by atoms with E-state index >= 15 is 0 Å². The summed E-state index contributed by atoms with van der Waals surface area (Å²) >= 11 is 0. The third kappa shape index (κ3) is 31.4. The van der Waals surface area contributed by atoms with Crippen LogP contribution in [-0.2, 0) is 52.9 Å². The molecule has 2 aliphatic rings. The summed E-state index contributed by atoms with van der Waals surface area (Å²) in [7, 11) is 1.52. The van der Waals surface area contributed by atoms with Crippen molar-refractivity contribution in [2.45, 2.75) is 65.5 Å². The van der Waals surface area contributed by atoms with E-state index in [0.29, 0.717) is 38.6 Å². The van der Waals surface area contributed by atoms with Gasteiger partial charge in [0.25, 0.3) is 5.97 Å². The number of aldehydes is 1. The first-order chi connectivity index (χ1) is 22.8. The first-order valence-corrected chi connectivity index (χ1v) is 15.2. The van der Waals surface area contributed by atoms with Gasteiger partial charge in [0, 0.05) is 76.7 Å². The van der Waals surface area contributed by atoms with Gasteiger partial charge < -0.3 is 51.0 Å². The molecule has 0 spiro atoms. The average Bonchev–Trinajstić information content (AvgIpc) is 3.49. The Morgan fingerprint density at radius 1 is 0.927 bits per heavy atom. The van der Waals surface area contributed by atoms with E-state index in [2.05, 4.69) is 40.7 Å². The van der Waals surface area contributed by atoms with Gasteiger partial charge in [0.05, 0.1) is 12.8 Å². The van der Waals surface area contributed by atoms with Gasteiger partial charge in [0.1, 0.15) is 0 Å². The fraction of sp³-hybridized carbons (Fsp3) is 0.389. The fourth-order valence-corrected chi connectivity index (χ4v) is 4.85. The van der Waals surface area contributed by atoms with E-state index < -0.39 is 18.0 Å². The van der Waals surface area contributed by atoms with Crippen LogP contribution in [0.5, 0.6) is 0 Å². The number of aliphatic carboxylic acids is 2. The van der Waals surface area contributed by atoms with Crippen LogP contribution in [0.1, 0.15) is 55.4 Å². The van der Waals surface area contributed by atoms with Crippen LogP contribution in [0.2, 0.25) is 0 Å². The summed E-state index contributed by atoms with van der Waals surface area (Å²) in [6, 6.07) is 13.7. The van der Waals surface area contributed by atoms with Crippen molar-refractivity contribution >= 4 is 54.3 Å². The number of carbonyl (C=O) groups excluding carboxylic acids is 5. The number of para-hydroxylation sites is 1. The Hall–Kier alpha value is 1.93. The second-order valence-corrected chi connectivity index (χ2v) is 10.7. The number of hydrogen-bond acceptors (Lipinski definition) is 8. The van der Waals surface area contributed by atoms with Crippen molar-refractivity contribution in [1.29, 1.82) is 0 Å². The minimum atomic E-state index is -0.893. The molecule has 4 rings (SSSR count). The Balaban J connectivity index is -0.000000134. The van der Waals surface area contributed by atoms with Gasteiger partial charge in [0.2, 0.25) is 24.1 Å². The van der Waals surface area contributed by atoms with Gasteiger partial charge in [-0.3, -0.25) is 33.6 Å². The molecule has 4 N–H and O–H groups in total. The number of fused-ring (bicyclic) bond motifs is 2. The van der Waals surface area contributed by atoms with Gasteiger partial charge in [0.15, 0.2) is 6.29 Å². The molecule has 19 heteroatoms. The number of rotatable bonds is 10. The number of likely N-dealkylation sites (N-methyl/N-ethyl adjacent to an activating group) is 1. The number of aliphatic imine (C=N–C) groups is 1. The molecule has 15 nitrogen and oxygen atoms in total. The molecule has 4 amide bonds. The number of nitrogens with one attached hydrogen (secondary N) is 1. The van der Waals surface area contributed by atoms with E-state index in [9.17, 15) is 28.8 Å². The second-order valence-electron chi connectivity index (χ2n) is 10.7. The Kier molecular flexibility index (Phi) is 55.3. The first-order valence-electron chi connectivity index (χ1n) is 15.2. The molecule has 1 unspecified atom stereocenters. The minimum Gasteiger partial charge on any atom is -0.870 e. The summed E-state index contributed by atoms with van der Waals surface area (Å²) in [5.41, 5.74) is 6.02. The van der Waals surface area contributed by atoms with Crippen molar-refractivity contribution in [1.82, 2.24) is 10.2 Å². The molecule has 0 aromatic heterocycles. The van der Waals surface area contributed by atoms with E-state index in [1.54, 1.807) is 11.8 Å². The Labute approximate surface area is 526 Å². The van der Waals surface area contributed by atoms with E-state index in [1.165, 1.54) is 23.7 Å². The van der Waals surface area contributed by atoms with Gasteiger partial charge in [-0.25, -0.2) is 4.99 Å².